The van der Waals surface area contributed by atoms with Crippen LogP contribution in [0.4, 0.5) is 0 Å². The van der Waals surface area contributed by atoms with Crippen LogP contribution in [0.5, 0.6) is 0 Å². The maximum Gasteiger partial charge on any atom is 0.256 e. The summed E-state index contributed by atoms with van der Waals surface area (Å²) in [6, 6.07) is 7.30. The standard InChI is InChI=1S/C12H11ClN2O2/c1-8-11(7-15-17-8)12(16)14-6-9-2-4-10(13)5-3-9/h2-5,7H,6H2,1H3,(H,14,16). The molecular weight excluding hydrogens is 240 g/mol. The SMILES string of the molecule is Cc1oncc1C(=O)NCc1ccc(Cl)cc1. The third kappa shape index (κ3) is 2.85. The van der Waals surface area contributed by atoms with Gasteiger partial charge in [-0.3, -0.25) is 4.79 Å². The Balaban J connectivity index is 1.97. The van der Waals surface area contributed by atoms with Gasteiger partial charge in [-0.05, 0) is 24.6 Å². The number of halogens is 1. The molecule has 0 aliphatic rings. The van der Waals surface area contributed by atoms with Crippen molar-refractivity contribution in [3.8, 4) is 0 Å². The molecule has 1 aromatic carbocycles. The fourth-order valence-electron chi connectivity index (χ4n) is 1.40. The summed E-state index contributed by atoms with van der Waals surface area (Å²) < 4.78 is 4.83. The molecule has 0 aliphatic carbocycles. The molecule has 0 unspecified atom stereocenters. The fourth-order valence-corrected chi connectivity index (χ4v) is 1.52. The Morgan fingerprint density at radius 1 is 1.41 bits per heavy atom. The van der Waals surface area contributed by atoms with E-state index in [0.29, 0.717) is 22.9 Å². The lowest BCUT2D eigenvalue weighted by molar-refractivity contribution is 0.0949. The van der Waals surface area contributed by atoms with Crippen molar-refractivity contribution in [3.05, 3.63) is 52.4 Å². The van der Waals surface area contributed by atoms with Gasteiger partial charge in [-0.2, -0.15) is 0 Å². The van der Waals surface area contributed by atoms with E-state index in [1.54, 1.807) is 19.1 Å². The normalized spacial score (nSPS) is 10.2. The Labute approximate surface area is 104 Å². The van der Waals surface area contributed by atoms with Gasteiger partial charge in [0.05, 0.1) is 6.20 Å². The van der Waals surface area contributed by atoms with Crippen molar-refractivity contribution in [2.45, 2.75) is 13.5 Å². The zero-order valence-corrected chi connectivity index (χ0v) is 9.99. The van der Waals surface area contributed by atoms with E-state index < -0.39 is 0 Å². The lowest BCUT2D eigenvalue weighted by Gasteiger charge is -2.04. The van der Waals surface area contributed by atoms with Crippen molar-refractivity contribution in [1.82, 2.24) is 10.5 Å². The van der Waals surface area contributed by atoms with Crippen LogP contribution in [-0.4, -0.2) is 11.1 Å². The molecule has 1 N–H and O–H groups in total. The molecule has 0 saturated carbocycles. The van der Waals surface area contributed by atoms with E-state index in [1.165, 1.54) is 6.20 Å². The van der Waals surface area contributed by atoms with Gasteiger partial charge < -0.3 is 9.84 Å². The highest BCUT2D eigenvalue weighted by Gasteiger charge is 2.11. The molecule has 17 heavy (non-hydrogen) atoms. The fraction of sp³-hybridized carbons (Fsp3) is 0.167. The van der Waals surface area contributed by atoms with Crippen molar-refractivity contribution in [2.24, 2.45) is 0 Å². The monoisotopic (exact) mass is 250 g/mol. The van der Waals surface area contributed by atoms with Crippen LogP contribution in [0.3, 0.4) is 0 Å². The summed E-state index contributed by atoms with van der Waals surface area (Å²) in [7, 11) is 0. The van der Waals surface area contributed by atoms with Crippen molar-refractivity contribution in [1.29, 1.82) is 0 Å². The zero-order chi connectivity index (χ0) is 12.3. The summed E-state index contributed by atoms with van der Waals surface area (Å²) >= 11 is 5.77. The van der Waals surface area contributed by atoms with E-state index in [-0.39, 0.29) is 5.91 Å². The summed E-state index contributed by atoms with van der Waals surface area (Å²) in [6.07, 6.45) is 1.41. The van der Waals surface area contributed by atoms with E-state index in [2.05, 4.69) is 10.5 Å². The van der Waals surface area contributed by atoms with Crippen LogP contribution in [0.2, 0.25) is 5.02 Å². The predicted molar refractivity (Wildman–Crippen MR) is 63.9 cm³/mol. The van der Waals surface area contributed by atoms with Crippen LogP contribution in [0.15, 0.2) is 35.0 Å². The number of nitrogens with zero attached hydrogens (tertiary/aromatic N) is 1. The first-order chi connectivity index (χ1) is 8.16. The van der Waals surface area contributed by atoms with E-state index in [4.69, 9.17) is 16.1 Å². The first-order valence-electron chi connectivity index (χ1n) is 5.11. The van der Waals surface area contributed by atoms with Crippen molar-refractivity contribution in [2.75, 3.05) is 0 Å². The van der Waals surface area contributed by atoms with Gasteiger partial charge in [-0.25, -0.2) is 0 Å². The predicted octanol–water partition coefficient (Wildman–Crippen LogP) is 2.57. The smallest absolute Gasteiger partial charge is 0.256 e. The number of amides is 1. The molecule has 0 fully saturated rings. The molecule has 4 nitrogen and oxygen atoms in total. The Bertz CT molecular complexity index is 520. The van der Waals surface area contributed by atoms with Crippen LogP contribution in [0, 0.1) is 6.92 Å². The van der Waals surface area contributed by atoms with Crippen molar-refractivity contribution < 1.29 is 9.32 Å². The summed E-state index contributed by atoms with van der Waals surface area (Å²) in [5, 5.41) is 7.01. The van der Waals surface area contributed by atoms with E-state index in [0.717, 1.165) is 5.56 Å². The van der Waals surface area contributed by atoms with Gasteiger partial charge in [-0.15, -0.1) is 0 Å². The zero-order valence-electron chi connectivity index (χ0n) is 9.24. The van der Waals surface area contributed by atoms with Gasteiger partial charge in [0.25, 0.3) is 5.91 Å². The van der Waals surface area contributed by atoms with Gasteiger partial charge in [0, 0.05) is 11.6 Å². The van der Waals surface area contributed by atoms with Crippen molar-refractivity contribution >= 4 is 17.5 Å². The Morgan fingerprint density at radius 3 is 2.71 bits per heavy atom. The second kappa shape index (κ2) is 5.01. The highest BCUT2D eigenvalue weighted by atomic mass is 35.5. The molecule has 2 rings (SSSR count). The van der Waals surface area contributed by atoms with Crippen LogP contribution < -0.4 is 5.32 Å². The molecule has 1 aromatic heterocycles. The van der Waals surface area contributed by atoms with Gasteiger partial charge in [0.2, 0.25) is 0 Å². The highest BCUT2D eigenvalue weighted by Crippen LogP contribution is 2.10. The summed E-state index contributed by atoms with van der Waals surface area (Å²) in [6.45, 7) is 2.14. The minimum absolute atomic E-state index is 0.196. The molecule has 0 bridgehead atoms. The number of hydrogen-bond acceptors (Lipinski definition) is 3. The van der Waals surface area contributed by atoms with Crippen LogP contribution in [0.1, 0.15) is 21.7 Å². The maximum atomic E-state index is 11.7. The molecule has 88 valence electrons. The molecule has 0 atom stereocenters. The van der Waals surface area contributed by atoms with E-state index >= 15 is 0 Å². The second-order valence-corrected chi connectivity index (χ2v) is 4.04. The largest absolute Gasteiger partial charge is 0.361 e. The molecule has 0 radical (unpaired) electrons. The molecule has 1 heterocycles. The number of aryl methyl sites for hydroxylation is 1. The molecular formula is C12H11ClN2O2. The molecule has 0 saturated heterocycles. The number of carbonyl (C=O) groups is 1. The quantitative estimate of drug-likeness (QED) is 0.911. The minimum atomic E-state index is -0.196. The molecule has 0 spiro atoms. The van der Waals surface area contributed by atoms with E-state index in [1.807, 2.05) is 12.1 Å². The minimum Gasteiger partial charge on any atom is -0.361 e. The number of nitrogens with one attached hydrogen (secondary N) is 1. The molecule has 5 heteroatoms. The highest BCUT2D eigenvalue weighted by molar-refractivity contribution is 6.30. The molecule has 2 aromatic rings. The average Bonchev–Trinajstić information content (AvgIpc) is 2.74. The summed E-state index contributed by atoms with van der Waals surface area (Å²) in [4.78, 5) is 11.7. The third-order valence-electron chi connectivity index (χ3n) is 2.36. The number of carbonyl (C=O) groups excluding carboxylic acids is 1. The van der Waals surface area contributed by atoms with E-state index in [9.17, 15) is 4.79 Å². The van der Waals surface area contributed by atoms with Crippen LogP contribution >= 0.6 is 11.6 Å². The van der Waals surface area contributed by atoms with Gasteiger partial charge >= 0.3 is 0 Å². The number of rotatable bonds is 3. The first-order valence-corrected chi connectivity index (χ1v) is 5.48. The first kappa shape index (κ1) is 11.7. The number of benzene rings is 1. The topological polar surface area (TPSA) is 55.1 Å². The van der Waals surface area contributed by atoms with Gasteiger partial charge in [0.15, 0.2) is 0 Å². The van der Waals surface area contributed by atoms with Gasteiger partial charge in [-0.1, -0.05) is 28.9 Å². The van der Waals surface area contributed by atoms with Crippen LogP contribution in [0.25, 0.3) is 0 Å². The average molecular weight is 251 g/mol. The number of aromatic nitrogens is 1. The number of hydrogen-bond donors (Lipinski definition) is 1. The Hall–Kier alpha value is -1.81. The Kier molecular flexibility index (Phi) is 3.44. The summed E-state index contributed by atoms with van der Waals surface area (Å²) in [5.74, 6) is 0.317. The lowest BCUT2D eigenvalue weighted by atomic mass is 10.2. The molecule has 1 amide bonds. The maximum absolute atomic E-state index is 11.7. The third-order valence-corrected chi connectivity index (χ3v) is 2.61. The van der Waals surface area contributed by atoms with Gasteiger partial charge in [0.1, 0.15) is 11.3 Å². The Morgan fingerprint density at radius 2 is 2.12 bits per heavy atom. The lowest BCUT2D eigenvalue weighted by Crippen LogP contribution is -2.22. The molecule has 0 aliphatic heterocycles. The second-order valence-electron chi connectivity index (χ2n) is 3.60. The summed E-state index contributed by atoms with van der Waals surface area (Å²) in [5.41, 5.74) is 1.44. The van der Waals surface area contributed by atoms with Crippen LogP contribution in [-0.2, 0) is 6.54 Å². The van der Waals surface area contributed by atoms with Crippen molar-refractivity contribution in [3.63, 3.8) is 0 Å².